The molecule has 0 radical (unpaired) electrons. The van der Waals surface area contributed by atoms with Crippen molar-refractivity contribution in [3.8, 4) is 17.0 Å². The first-order valence-corrected chi connectivity index (χ1v) is 11.4. The number of aromatic nitrogens is 2. The molecule has 2 amide bonds. The topological polar surface area (TPSA) is 123 Å². The number of fused-ring (bicyclic) bond motifs is 1. The lowest BCUT2D eigenvalue weighted by Crippen LogP contribution is -2.28. The summed E-state index contributed by atoms with van der Waals surface area (Å²) in [4.78, 5) is 32.6. The van der Waals surface area contributed by atoms with Crippen molar-refractivity contribution < 1.29 is 24.2 Å². The Bertz CT molecular complexity index is 1190. The van der Waals surface area contributed by atoms with Crippen LogP contribution in [0, 0.1) is 5.92 Å². The molecule has 33 heavy (non-hydrogen) atoms. The Hall–Kier alpha value is -3.50. The predicted octanol–water partition coefficient (Wildman–Crippen LogP) is 4.01. The van der Waals surface area contributed by atoms with E-state index < -0.39 is 5.97 Å². The van der Waals surface area contributed by atoms with Crippen molar-refractivity contribution in [3.05, 3.63) is 42.0 Å². The van der Waals surface area contributed by atoms with E-state index in [4.69, 9.17) is 19.6 Å². The van der Waals surface area contributed by atoms with E-state index in [0.717, 1.165) is 35.8 Å². The summed E-state index contributed by atoms with van der Waals surface area (Å²) in [5, 5.41) is 14.8. The fraction of sp³-hybridized carbons (Fsp3) is 0.304. The second-order valence-corrected chi connectivity index (χ2v) is 8.48. The van der Waals surface area contributed by atoms with Crippen molar-refractivity contribution >= 4 is 44.9 Å². The molecule has 0 aliphatic carbocycles. The van der Waals surface area contributed by atoms with Gasteiger partial charge in [0.15, 0.2) is 5.13 Å². The van der Waals surface area contributed by atoms with Gasteiger partial charge in [-0.15, -0.1) is 0 Å². The third-order valence-electron chi connectivity index (χ3n) is 5.00. The van der Waals surface area contributed by atoms with Crippen LogP contribution >= 0.6 is 11.3 Å². The molecule has 3 heterocycles. The average Bonchev–Trinajstić information content (AvgIpc) is 3.45. The number of ether oxygens (including phenoxy) is 2. The number of thiazole rings is 1. The van der Waals surface area contributed by atoms with Gasteiger partial charge in [-0.3, -0.25) is 5.32 Å². The van der Waals surface area contributed by atoms with Gasteiger partial charge in [-0.1, -0.05) is 29.5 Å². The number of anilines is 1. The molecule has 1 atom stereocenters. The molecule has 1 aliphatic rings. The van der Waals surface area contributed by atoms with Crippen molar-refractivity contribution in [2.45, 2.75) is 13.3 Å². The van der Waals surface area contributed by atoms with Gasteiger partial charge in [0.2, 0.25) is 5.88 Å². The zero-order valence-electron chi connectivity index (χ0n) is 18.0. The molecule has 3 aromatic rings. The summed E-state index contributed by atoms with van der Waals surface area (Å²) in [5.74, 6) is -0.250. The first-order valence-electron chi connectivity index (χ1n) is 10.6. The van der Waals surface area contributed by atoms with Gasteiger partial charge in [0.25, 0.3) is 0 Å². The van der Waals surface area contributed by atoms with E-state index in [1.165, 1.54) is 17.4 Å². The van der Waals surface area contributed by atoms with Gasteiger partial charge in [0.1, 0.15) is 10.3 Å². The molecule has 0 spiro atoms. The van der Waals surface area contributed by atoms with Crippen molar-refractivity contribution in [1.29, 1.82) is 0 Å². The summed E-state index contributed by atoms with van der Waals surface area (Å²) in [6.07, 6.45) is 3.57. The highest BCUT2D eigenvalue weighted by Crippen LogP contribution is 2.35. The van der Waals surface area contributed by atoms with E-state index in [-0.39, 0.29) is 6.03 Å². The quantitative estimate of drug-likeness (QED) is 0.427. The molecule has 3 N–H and O–H groups in total. The molecule has 1 fully saturated rings. The highest BCUT2D eigenvalue weighted by Gasteiger charge is 2.20. The van der Waals surface area contributed by atoms with Crippen LogP contribution < -0.4 is 15.4 Å². The maximum atomic E-state index is 11.9. The summed E-state index contributed by atoms with van der Waals surface area (Å²) in [6, 6.07) is 9.00. The molecule has 1 aliphatic heterocycles. The number of nitrogens with one attached hydrogen (secondary N) is 2. The molecule has 9 nitrogen and oxygen atoms in total. The molecule has 0 saturated carbocycles. The maximum Gasteiger partial charge on any atom is 0.328 e. The monoisotopic (exact) mass is 468 g/mol. The van der Waals surface area contributed by atoms with Crippen LogP contribution in [-0.2, 0) is 9.53 Å². The third-order valence-corrected chi connectivity index (χ3v) is 5.88. The Morgan fingerprint density at radius 1 is 1.33 bits per heavy atom. The number of hydrogen-bond donors (Lipinski definition) is 3. The van der Waals surface area contributed by atoms with Crippen LogP contribution in [0.15, 0.2) is 36.4 Å². The number of carboxylic acid groups (broad SMARTS) is 1. The Kier molecular flexibility index (Phi) is 7.16. The smallest absolute Gasteiger partial charge is 0.328 e. The SMILES string of the molecule is CCNC(=O)Nc1nc2cc(-c3cccc(C=CC(=O)O)c3)c(OCC3CCOC3)nc2s1. The van der Waals surface area contributed by atoms with Crippen molar-refractivity contribution in [2.75, 3.05) is 31.7 Å². The lowest BCUT2D eigenvalue weighted by atomic mass is 10.0. The highest BCUT2D eigenvalue weighted by atomic mass is 32.1. The van der Waals surface area contributed by atoms with Crippen molar-refractivity contribution in [1.82, 2.24) is 15.3 Å². The fourth-order valence-electron chi connectivity index (χ4n) is 3.41. The molecule has 2 aromatic heterocycles. The molecule has 1 saturated heterocycles. The normalized spacial score (nSPS) is 15.7. The van der Waals surface area contributed by atoms with Crippen LogP contribution in [0.2, 0.25) is 0 Å². The van der Waals surface area contributed by atoms with Gasteiger partial charge in [0.05, 0.1) is 13.2 Å². The second kappa shape index (κ2) is 10.4. The number of urea groups is 1. The van der Waals surface area contributed by atoms with Crippen molar-refractivity contribution in [3.63, 3.8) is 0 Å². The molecule has 10 heteroatoms. The number of carbonyl (C=O) groups excluding carboxylic acids is 1. The zero-order valence-corrected chi connectivity index (χ0v) is 18.9. The van der Waals surface area contributed by atoms with Gasteiger partial charge in [-0.05, 0) is 42.7 Å². The maximum absolute atomic E-state index is 11.9. The number of carboxylic acids is 1. The second-order valence-electron chi connectivity index (χ2n) is 7.51. The Morgan fingerprint density at radius 2 is 2.21 bits per heavy atom. The van der Waals surface area contributed by atoms with Gasteiger partial charge in [0, 0.05) is 30.7 Å². The van der Waals surface area contributed by atoms with E-state index in [2.05, 4.69) is 15.6 Å². The first kappa shape index (κ1) is 22.7. The van der Waals surface area contributed by atoms with E-state index in [9.17, 15) is 9.59 Å². The van der Waals surface area contributed by atoms with Crippen molar-refractivity contribution in [2.24, 2.45) is 5.92 Å². The minimum absolute atomic E-state index is 0.302. The average molecular weight is 469 g/mol. The number of amides is 2. The summed E-state index contributed by atoms with van der Waals surface area (Å²) in [6.45, 7) is 4.22. The van der Waals surface area contributed by atoms with E-state index in [1.807, 2.05) is 37.3 Å². The molecule has 0 bridgehead atoms. The Morgan fingerprint density at radius 3 is 2.97 bits per heavy atom. The molecular formula is C23H24N4O5S. The Balaban J connectivity index is 1.70. The summed E-state index contributed by atoms with van der Waals surface area (Å²) in [5.41, 5.74) is 2.93. The Labute approximate surface area is 194 Å². The first-order chi connectivity index (χ1) is 16.0. The van der Waals surface area contributed by atoms with E-state index >= 15 is 0 Å². The van der Waals surface area contributed by atoms with E-state index in [1.54, 1.807) is 0 Å². The fourth-order valence-corrected chi connectivity index (χ4v) is 4.22. The van der Waals surface area contributed by atoms with Gasteiger partial charge < -0.3 is 19.9 Å². The number of hydrogen-bond acceptors (Lipinski definition) is 7. The van der Waals surface area contributed by atoms with Crippen LogP contribution in [-0.4, -0.2) is 53.4 Å². The van der Waals surface area contributed by atoms with Crippen LogP contribution in [0.4, 0.5) is 9.93 Å². The molecule has 1 unspecified atom stereocenters. The molecule has 4 rings (SSSR count). The van der Waals surface area contributed by atoms with Gasteiger partial charge in [-0.25, -0.2) is 19.6 Å². The number of aliphatic carboxylic acids is 1. The summed E-state index contributed by atoms with van der Waals surface area (Å²) in [7, 11) is 0. The standard InChI is InChI=1S/C23H24N4O5S/c1-2-24-22(30)27-23-25-18-11-17(16-5-3-4-14(10-16)6-7-19(28)29)20(26-21(18)33-23)32-13-15-8-9-31-12-15/h3-7,10-11,15H,2,8-9,12-13H2,1H3,(H,28,29)(H2,24,25,27,30). The minimum Gasteiger partial charge on any atom is -0.478 e. The minimum atomic E-state index is -1.01. The predicted molar refractivity (Wildman–Crippen MR) is 127 cm³/mol. The number of benzene rings is 1. The lowest BCUT2D eigenvalue weighted by molar-refractivity contribution is -0.131. The van der Waals surface area contributed by atoms with Crippen LogP contribution in [0.25, 0.3) is 27.6 Å². The number of nitrogens with zero attached hydrogens (tertiary/aromatic N) is 2. The molecular weight excluding hydrogens is 444 g/mol. The van der Waals surface area contributed by atoms with Crippen LogP contribution in [0.3, 0.4) is 0 Å². The van der Waals surface area contributed by atoms with Gasteiger partial charge >= 0.3 is 12.0 Å². The molecule has 1 aromatic carbocycles. The summed E-state index contributed by atoms with van der Waals surface area (Å²) >= 11 is 1.27. The lowest BCUT2D eigenvalue weighted by Gasteiger charge is -2.13. The van der Waals surface area contributed by atoms with E-state index in [0.29, 0.717) is 47.0 Å². The number of pyridine rings is 1. The summed E-state index contributed by atoms with van der Waals surface area (Å²) < 4.78 is 11.6. The number of carbonyl (C=O) groups is 2. The zero-order chi connectivity index (χ0) is 23.2. The van der Waals surface area contributed by atoms with Gasteiger partial charge in [-0.2, -0.15) is 0 Å². The number of rotatable bonds is 8. The van der Waals surface area contributed by atoms with Crippen LogP contribution in [0.1, 0.15) is 18.9 Å². The third kappa shape index (κ3) is 5.85. The largest absolute Gasteiger partial charge is 0.478 e. The molecule has 172 valence electrons. The highest BCUT2D eigenvalue weighted by molar-refractivity contribution is 7.22. The van der Waals surface area contributed by atoms with Crippen LogP contribution in [0.5, 0.6) is 5.88 Å².